The summed E-state index contributed by atoms with van der Waals surface area (Å²) in [7, 11) is 0. The first-order valence-electron chi connectivity index (χ1n) is 12.7. The van der Waals surface area contributed by atoms with E-state index in [1.807, 2.05) is 36.4 Å². The molecule has 0 saturated carbocycles. The first kappa shape index (κ1) is 28.3. The lowest BCUT2D eigenvalue weighted by molar-refractivity contribution is -0.141. The summed E-state index contributed by atoms with van der Waals surface area (Å²) in [6.45, 7) is 4.52. The zero-order chi connectivity index (χ0) is 26.6. The average Bonchev–Trinajstić information content (AvgIpc) is 3.17. The molecule has 1 aliphatic carbocycles. The lowest BCUT2D eigenvalue weighted by Crippen LogP contribution is -2.19. The van der Waals surface area contributed by atoms with Crippen LogP contribution in [0.2, 0.25) is 0 Å². The molecule has 2 aromatic carbocycles. The summed E-state index contributed by atoms with van der Waals surface area (Å²) in [6, 6.07) is 11.3. The lowest BCUT2D eigenvalue weighted by atomic mass is 9.97. The number of amides is 2. The SMILES string of the molecule is CCCCOCC(=O)Nc1ccc2c(c1)C(COC(C)=O)c1cc(NC(=O)COCCCCO)ccc1-2. The van der Waals surface area contributed by atoms with Crippen LogP contribution < -0.4 is 10.6 Å². The highest BCUT2D eigenvalue weighted by atomic mass is 16.5. The fraction of sp³-hybridized carbons (Fsp3) is 0.464. The van der Waals surface area contributed by atoms with Crippen molar-refractivity contribution < 1.29 is 33.7 Å². The van der Waals surface area contributed by atoms with Crippen LogP contribution in [0, 0.1) is 0 Å². The van der Waals surface area contributed by atoms with Crippen molar-refractivity contribution in [1.82, 2.24) is 0 Å². The number of nitrogens with one attached hydrogen (secondary N) is 2. The fourth-order valence-corrected chi connectivity index (χ4v) is 4.18. The summed E-state index contributed by atoms with van der Waals surface area (Å²) in [5, 5.41) is 14.5. The van der Waals surface area contributed by atoms with Crippen LogP contribution in [0.25, 0.3) is 11.1 Å². The van der Waals surface area contributed by atoms with E-state index in [4.69, 9.17) is 19.3 Å². The number of benzene rings is 2. The topological polar surface area (TPSA) is 123 Å². The van der Waals surface area contributed by atoms with Crippen molar-refractivity contribution in [1.29, 1.82) is 0 Å². The lowest BCUT2D eigenvalue weighted by Gasteiger charge is -2.15. The van der Waals surface area contributed by atoms with E-state index in [1.165, 1.54) is 6.92 Å². The Morgan fingerprint density at radius 3 is 1.86 bits per heavy atom. The van der Waals surface area contributed by atoms with E-state index in [2.05, 4.69) is 17.6 Å². The summed E-state index contributed by atoms with van der Waals surface area (Å²) in [6.07, 6.45) is 3.23. The van der Waals surface area contributed by atoms with E-state index in [9.17, 15) is 14.4 Å². The number of hydrogen-bond donors (Lipinski definition) is 3. The predicted octanol–water partition coefficient (Wildman–Crippen LogP) is 3.84. The highest BCUT2D eigenvalue weighted by Crippen LogP contribution is 2.46. The minimum absolute atomic E-state index is 0.0115. The zero-order valence-corrected chi connectivity index (χ0v) is 21.5. The van der Waals surface area contributed by atoms with Gasteiger partial charge in [0.05, 0.1) is 0 Å². The number of hydrogen-bond acceptors (Lipinski definition) is 7. The quantitative estimate of drug-likeness (QED) is 0.245. The van der Waals surface area contributed by atoms with Crippen molar-refractivity contribution in [2.75, 3.05) is 50.3 Å². The molecule has 3 rings (SSSR count). The molecule has 0 heterocycles. The van der Waals surface area contributed by atoms with Gasteiger partial charge in [0.25, 0.3) is 0 Å². The molecule has 0 saturated heterocycles. The second-order valence-corrected chi connectivity index (χ2v) is 8.95. The number of esters is 1. The number of ether oxygens (including phenoxy) is 3. The molecule has 200 valence electrons. The first-order chi connectivity index (χ1) is 17.9. The van der Waals surface area contributed by atoms with Gasteiger partial charge in [-0.25, -0.2) is 0 Å². The predicted molar refractivity (Wildman–Crippen MR) is 140 cm³/mol. The van der Waals surface area contributed by atoms with Crippen LogP contribution in [0.15, 0.2) is 36.4 Å². The van der Waals surface area contributed by atoms with Crippen molar-refractivity contribution in [3.05, 3.63) is 47.5 Å². The molecule has 0 radical (unpaired) electrons. The molecule has 1 atom stereocenters. The number of carbonyl (C=O) groups is 3. The normalized spacial score (nSPS) is 13.5. The van der Waals surface area contributed by atoms with Crippen LogP contribution in [-0.4, -0.2) is 62.5 Å². The number of aliphatic hydroxyl groups is 1. The van der Waals surface area contributed by atoms with E-state index in [0.717, 1.165) is 35.1 Å². The average molecular weight is 513 g/mol. The molecule has 1 aliphatic rings. The second-order valence-electron chi connectivity index (χ2n) is 8.95. The standard InChI is InChI=1S/C28H36N2O7/c1-3-4-12-35-17-27(33)29-20-7-9-22-23-10-8-21(30-28(34)18-36-13-6-5-11-31)15-25(23)26(24(22)14-20)16-37-19(2)32/h7-10,14-15,26,31H,3-6,11-13,16-18H2,1-2H3,(H,29,33)(H,30,34). The summed E-state index contributed by atoms with van der Waals surface area (Å²) >= 11 is 0. The molecule has 2 aromatic rings. The molecule has 2 amide bonds. The molecule has 1 unspecified atom stereocenters. The summed E-state index contributed by atoms with van der Waals surface area (Å²) in [5.74, 6) is -1.14. The number of anilines is 2. The van der Waals surface area contributed by atoms with Gasteiger partial charge in [0.2, 0.25) is 11.8 Å². The van der Waals surface area contributed by atoms with Gasteiger partial charge < -0.3 is 30.0 Å². The summed E-state index contributed by atoms with van der Waals surface area (Å²) < 4.78 is 16.1. The van der Waals surface area contributed by atoms with Crippen molar-refractivity contribution in [2.24, 2.45) is 0 Å². The molecule has 0 fully saturated rings. The number of carbonyl (C=O) groups excluding carboxylic acids is 3. The van der Waals surface area contributed by atoms with Crippen LogP contribution in [0.5, 0.6) is 0 Å². The second kappa shape index (κ2) is 14.5. The van der Waals surface area contributed by atoms with Crippen molar-refractivity contribution in [3.8, 4) is 11.1 Å². The number of unbranched alkanes of at least 4 members (excludes halogenated alkanes) is 2. The third-order valence-corrected chi connectivity index (χ3v) is 5.97. The van der Waals surface area contributed by atoms with Gasteiger partial charge in [-0.1, -0.05) is 25.5 Å². The summed E-state index contributed by atoms with van der Waals surface area (Å²) in [5.41, 5.74) is 5.05. The molecule has 3 N–H and O–H groups in total. The molecule has 9 heteroatoms. The highest BCUT2D eigenvalue weighted by Gasteiger charge is 2.30. The smallest absolute Gasteiger partial charge is 0.302 e. The Bertz CT molecular complexity index is 1090. The minimum atomic E-state index is -0.383. The molecule has 37 heavy (non-hydrogen) atoms. The Kier molecular flexibility index (Phi) is 11.1. The largest absolute Gasteiger partial charge is 0.465 e. The van der Waals surface area contributed by atoms with Crippen LogP contribution in [0.4, 0.5) is 11.4 Å². The van der Waals surface area contributed by atoms with Gasteiger partial charge in [-0.05, 0) is 65.8 Å². The molecule has 0 aliphatic heterocycles. The Labute approximate surface area is 217 Å². The van der Waals surface area contributed by atoms with Gasteiger partial charge in [-0.2, -0.15) is 0 Å². The van der Waals surface area contributed by atoms with E-state index < -0.39 is 0 Å². The van der Waals surface area contributed by atoms with Crippen molar-refractivity contribution in [2.45, 2.75) is 45.4 Å². The first-order valence-corrected chi connectivity index (χ1v) is 12.7. The minimum Gasteiger partial charge on any atom is -0.465 e. The molecule has 0 aromatic heterocycles. The van der Waals surface area contributed by atoms with Gasteiger partial charge in [0, 0.05) is 44.0 Å². The summed E-state index contributed by atoms with van der Waals surface area (Å²) in [4.78, 5) is 36.2. The maximum atomic E-state index is 12.3. The fourth-order valence-electron chi connectivity index (χ4n) is 4.18. The van der Waals surface area contributed by atoms with Crippen molar-refractivity contribution in [3.63, 3.8) is 0 Å². The van der Waals surface area contributed by atoms with E-state index in [1.54, 1.807) is 0 Å². The van der Waals surface area contributed by atoms with Crippen LogP contribution in [0.3, 0.4) is 0 Å². The number of fused-ring (bicyclic) bond motifs is 3. The zero-order valence-electron chi connectivity index (χ0n) is 21.5. The Morgan fingerprint density at radius 2 is 1.38 bits per heavy atom. The molecular weight excluding hydrogens is 476 g/mol. The maximum absolute atomic E-state index is 12.3. The van der Waals surface area contributed by atoms with Crippen LogP contribution in [0.1, 0.15) is 56.6 Å². The molecule has 9 nitrogen and oxygen atoms in total. The Hall–Kier alpha value is -3.27. The van der Waals surface area contributed by atoms with Gasteiger partial charge in [-0.3, -0.25) is 14.4 Å². The third kappa shape index (κ3) is 8.38. The number of rotatable bonds is 15. The van der Waals surface area contributed by atoms with Crippen molar-refractivity contribution >= 4 is 29.2 Å². The van der Waals surface area contributed by atoms with E-state index in [-0.39, 0.29) is 50.1 Å². The van der Waals surface area contributed by atoms with Gasteiger partial charge in [0.15, 0.2) is 0 Å². The molecule has 0 bridgehead atoms. The molecular formula is C28H36N2O7. The van der Waals surface area contributed by atoms with Crippen LogP contribution >= 0.6 is 0 Å². The Morgan fingerprint density at radius 1 is 0.838 bits per heavy atom. The van der Waals surface area contributed by atoms with Crippen LogP contribution in [-0.2, 0) is 28.6 Å². The van der Waals surface area contributed by atoms with E-state index in [0.29, 0.717) is 37.4 Å². The van der Waals surface area contributed by atoms with Gasteiger partial charge in [-0.15, -0.1) is 0 Å². The van der Waals surface area contributed by atoms with E-state index >= 15 is 0 Å². The maximum Gasteiger partial charge on any atom is 0.302 e. The Balaban J connectivity index is 1.72. The highest BCUT2D eigenvalue weighted by molar-refractivity contribution is 5.94. The number of aliphatic hydroxyl groups excluding tert-OH is 1. The van der Waals surface area contributed by atoms with Gasteiger partial charge >= 0.3 is 5.97 Å². The monoisotopic (exact) mass is 512 g/mol. The molecule has 0 spiro atoms. The third-order valence-electron chi connectivity index (χ3n) is 5.97. The van der Waals surface area contributed by atoms with Gasteiger partial charge in [0.1, 0.15) is 19.8 Å².